The maximum absolute atomic E-state index is 6.42. The van der Waals surface area contributed by atoms with Crippen molar-refractivity contribution in [1.29, 1.82) is 0 Å². The highest BCUT2D eigenvalue weighted by atomic mass is 35.5. The summed E-state index contributed by atoms with van der Waals surface area (Å²) < 4.78 is 2.02. The summed E-state index contributed by atoms with van der Waals surface area (Å²) in [5.74, 6) is 0. The van der Waals surface area contributed by atoms with Crippen molar-refractivity contribution in [3.8, 4) is 0 Å². The first-order valence-corrected chi connectivity index (χ1v) is 8.57. The number of likely N-dealkylation sites (N-methyl/N-ethyl adjacent to an activating group) is 1. The van der Waals surface area contributed by atoms with Crippen molar-refractivity contribution in [2.24, 2.45) is 0 Å². The molecule has 2 aromatic rings. The number of hydrogen-bond donors (Lipinski definition) is 1. The van der Waals surface area contributed by atoms with Crippen LogP contribution in [0.1, 0.15) is 30.6 Å². The lowest BCUT2D eigenvalue weighted by Gasteiger charge is -2.21. The fourth-order valence-electron chi connectivity index (χ4n) is 2.23. The highest BCUT2D eigenvalue weighted by Crippen LogP contribution is 2.29. The van der Waals surface area contributed by atoms with Crippen LogP contribution in [0, 0.1) is 0 Å². The van der Waals surface area contributed by atoms with Crippen LogP contribution in [0.25, 0.3) is 0 Å². The molecule has 1 atom stereocenters. The third-order valence-corrected chi connectivity index (χ3v) is 4.33. The van der Waals surface area contributed by atoms with E-state index in [0.717, 1.165) is 36.8 Å². The largest absolute Gasteiger partial charge is 0.308 e. The Balaban J connectivity index is 2.28. The number of hydrogen-bond acceptors (Lipinski definition) is 4. The summed E-state index contributed by atoms with van der Waals surface area (Å²) in [7, 11) is 4.13. The monoisotopic (exact) mass is 326 g/mol. The zero-order valence-electron chi connectivity index (χ0n) is 12.8. The van der Waals surface area contributed by atoms with Gasteiger partial charge in [-0.3, -0.25) is 4.68 Å². The highest BCUT2D eigenvalue weighted by molar-refractivity contribution is 7.08. The summed E-state index contributed by atoms with van der Waals surface area (Å²) in [6, 6.07) is 2.26. The van der Waals surface area contributed by atoms with Gasteiger partial charge in [-0.2, -0.15) is 16.4 Å². The molecule has 0 amide bonds. The zero-order chi connectivity index (χ0) is 15.2. The molecule has 0 aliphatic heterocycles. The van der Waals surface area contributed by atoms with Gasteiger partial charge in [0.2, 0.25) is 0 Å². The van der Waals surface area contributed by atoms with E-state index in [1.807, 2.05) is 4.68 Å². The molecular formula is C15H23ClN4S. The van der Waals surface area contributed by atoms with Gasteiger partial charge in [-0.15, -0.1) is 0 Å². The van der Waals surface area contributed by atoms with Crippen molar-refractivity contribution in [2.75, 3.05) is 27.2 Å². The molecule has 1 N–H and O–H groups in total. The van der Waals surface area contributed by atoms with Gasteiger partial charge in [-0.1, -0.05) is 18.5 Å². The van der Waals surface area contributed by atoms with Crippen LogP contribution in [0.5, 0.6) is 0 Å². The maximum atomic E-state index is 6.42. The van der Waals surface area contributed by atoms with Crippen LogP contribution in [0.15, 0.2) is 23.0 Å². The minimum absolute atomic E-state index is 0.105. The zero-order valence-corrected chi connectivity index (χ0v) is 14.4. The van der Waals surface area contributed by atoms with E-state index >= 15 is 0 Å². The second-order valence-corrected chi connectivity index (χ2v) is 6.54. The predicted octanol–water partition coefficient (Wildman–Crippen LogP) is 3.25. The number of halogens is 1. The molecule has 0 aliphatic rings. The molecule has 1 unspecified atom stereocenters. The molecule has 116 valence electrons. The summed E-state index contributed by atoms with van der Waals surface area (Å²) in [6.45, 7) is 4.90. The number of nitrogens with zero attached hydrogens (tertiary/aromatic N) is 3. The minimum Gasteiger partial charge on any atom is -0.308 e. The molecule has 0 fully saturated rings. The Kier molecular flexibility index (Phi) is 6.23. The fourth-order valence-corrected chi connectivity index (χ4v) is 3.17. The molecule has 0 saturated carbocycles. The predicted molar refractivity (Wildman–Crippen MR) is 90.2 cm³/mol. The molecule has 0 saturated heterocycles. The lowest BCUT2D eigenvalue weighted by molar-refractivity contribution is 0.365. The summed E-state index contributed by atoms with van der Waals surface area (Å²) in [4.78, 5) is 2.15. The third-order valence-electron chi connectivity index (χ3n) is 3.34. The Bertz CT molecular complexity index is 536. The summed E-state index contributed by atoms with van der Waals surface area (Å²) >= 11 is 8.12. The second-order valence-electron chi connectivity index (χ2n) is 5.35. The van der Waals surface area contributed by atoms with E-state index in [1.54, 1.807) is 17.5 Å². The Labute approximate surface area is 135 Å². The van der Waals surface area contributed by atoms with E-state index < -0.39 is 0 Å². The Hall–Kier alpha value is -0.880. The van der Waals surface area contributed by atoms with Gasteiger partial charge >= 0.3 is 0 Å². The van der Waals surface area contributed by atoms with Gasteiger partial charge in [-0.05, 0) is 49.5 Å². The maximum Gasteiger partial charge on any atom is 0.0837 e. The molecule has 6 heteroatoms. The van der Waals surface area contributed by atoms with E-state index in [4.69, 9.17) is 11.6 Å². The number of aromatic nitrogens is 2. The fraction of sp³-hybridized carbons (Fsp3) is 0.533. The Morgan fingerprint density at radius 1 is 1.48 bits per heavy atom. The molecule has 2 aromatic heterocycles. The standard InChI is InChI=1S/C15H23ClN4S/c1-4-6-17-14(12-5-9-21-11-12)15-13(16)10-18-20(15)8-7-19(2)3/h5,9-11,14,17H,4,6-8H2,1-3H3. The quantitative estimate of drug-likeness (QED) is 0.808. The third kappa shape index (κ3) is 4.30. The van der Waals surface area contributed by atoms with Gasteiger partial charge in [-0.25, -0.2) is 0 Å². The molecule has 2 rings (SSSR count). The first-order valence-electron chi connectivity index (χ1n) is 7.25. The van der Waals surface area contributed by atoms with Crippen LogP contribution >= 0.6 is 22.9 Å². The molecule has 4 nitrogen and oxygen atoms in total. The van der Waals surface area contributed by atoms with Crippen molar-refractivity contribution < 1.29 is 0 Å². The van der Waals surface area contributed by atoms with Gasteiger partial charge in [0, 0.05) is 6.54 Å². The summed E-state index contributed by atoms with van der Waals surface area (Å²) in [6.07, 6.45) is 2.84. The lowest BCUT2D eigenvalue weighted by Crippen LogP contribution is -2.27. The minimum atomic E-state index is 0.105. The number of thiophene rings is 1. The first kappa shape index (κ1) is 16.5. The van der Waals surface area contributed by atoms with Crippen LogP contribution in [0.4, 0.5) is 0 Å². The molecule has 2 heterocycles. The Morgan fingerprint density at radius 2 is 2.29 bits per heavy atom. The molecule has 0 bridgehead atoms. The van der Waals surface area contributed by atoms with Gasteiger partial charge in [0.05, 0.1) is 29.5 Å². The highest BCUT2D eigenvalue weighted by Gasteiger charge is 2.22. The first-order chi connectivity index (χ1) is 10.1. The van der Waals surface area contributed by atoms with E-state index in [0.29, 0.717) is 0 Å². The van der Waals surface area contributed by atoms with Gasteiger partial charge in [0.15, 0.2) is 0 Å². The van der Waals surface area contributed by atoms with E-state index in [2.05, 4.69) is 53.2 Å². The average Bonchev–Trinajstić information content (AvgIpc) is 3.09. The SMILES string of the molecule is CCCNC(c1ccsc1)c1c(Cl)cnn1CCN(C)C. The molecular weight excluding hydrogens is 304 g/mol. The van der Waals surface area contributed by atoms with Gasteiger partial charge in [0.1, 0.15) is 0 Å². The van der Waals surface area contributed by atoms with E-state index in [9.17, 15) is 0 Å². The average molecular weight is 327 g/mol. The molecule has 21 heavy (non-hydrogen) atoms. The smallest absolute Gasteiger partial charge is 0.0837 e. The van der Waals surface area contributed by atoms with Crippen molar-refractivity contribution in [3.63, 3.8) is 0 Å². The molecule has 0 spiro atoms. The van der Waals surface area contributed by atoms with Crippen LogP contribution in [-0.2, 0) is 6.54 Å². The lowest BCUT2D eigenvalue weighted by atomic mass is 10.1. The molecule has 0 aromatic carbocycles. The van der Waals surface area contributed by atoms with Crippen molar-refractivity contribution in [2.45, 2.75) is 25.9 Å². The molecule has 0 radical (unpaired) electrons. The van der Waals surface area contributed by atoms with Crippen LogP contribution < -0.4 is 5.32 Å². The van der Waals surface area contributed by atoms with Crippen LogP contribution in [0.2, 0.25) is 5.02 Å². The van der Waals surface area contributed by atoms with Crippen LogP contribution in [0.3, 0.4) is 0 Å². The van der Waals surface area contributed by atoms with Gasteiger partial charge < -0.3 is 10.2 Å². The van der Waals surface area contributed by atoms with Crippen molar-refractivity contribution >= 4 is 22.9 Å². The Morgan fingerprint density at radius 3 is 2.90 bits per heavy atom. The van der Waals surface area contributed by atoms with Gasteiger partial charge in [0.25, 0.3) is 0 Å². The van der Waals surface area contributed by atoms with E-state index in [1.165, 1.54) is 5.56 Å². The summed E-state index contributed by atoms with van der Waals surface area (Å²) in [5, 5.41) is 13.0. The number of rotatable bonds is 8. The van der Waals surface area contributed by atoms with E-state index in [-0.39, 0.29) is 6.04 Å². The molecule has 0 aliphatic carbocycles. The summed E-state index contributed by atoms with van der Waals surface area (Å²) in [5.41, 5.74) is 2.31. The topological polar surface area (TPSA) is 33.1 Å². The second kappa shape index (κ2) is 7.94. The number of nitrogens with one attached hydrogen (secondary N) is 1. The van der Waals surface area contributed by atoms with Crippen molar-refractivity contribution in [3.05, 3.63) is 39.3 Å². The van der Waals surface area contributed by atoms with Crippen molar-refractivity contribution in [1.82, 2.24) is 20.0 Å². The van der Waals surface area contributed by atoms with Crippen LogP contribution in [-0.4, -0.2) is 41.9 Å². The normalized spacial score (nSPS) is 13.0.